The minimum Gasteiger partial charge on any atom is -0.360 e. The fraction of sp³-hybridized carbons (Fsp3) is 0.556. The quantitative estimate of drug-likeness (QED) is 0.861. The van der Waals surface area contributed by atoms with Gasteiger partial charge in [-0.1, -0.05) is 28.9 Å². The summed E-state index contributed by atoms with van der Waals surface area (Å²) in [5.74, 6) is 1.13. The fourth-order valence-corrected chi connectivity index (χ4v) is 4.91. The molecule has 3 aliphatic rings. The number of amides is 1. The van der Waals surface area contributed by atoms with Gasteiger partial charge in [0.05, 0.1) is 5.69 Å². The van der Waals surface area contributed by atoms with Crippen LogP contribution in [0.25, 0.3) is 0 Å². The molecule has 2 aliphatic carbocycles. The topological polar surface area (TPSA) is 81.2 Å². The average Bonchev–Trinajstić information content (AvgIpc) is 2.98. The molecule has 6 heteroatoms. The Morgan fingerprint density at radius 2 is 2.38 bits per heavy atom. The molecule has 0 bridgehead atoms. The second-order valence-corrected chi connectivity index (χ2v) is 7.80. The number of rotatable bonds is 2. The molecule has 1 saturated carbocycles. The third kappa shape index (κ3) is 2.33. The molecule has 1 fully saturated rings. The maximum absolute atomic E-state index is 12.3. The lowest BCUT2D eigenvalue weighted by molar-refractivity contribution is 0.0685. The first-order valence-electron chi connectivity index (χ1n) is 8.54. The molecule has 4 rings (SSSR count). The maximum Gasteiger partial charge on any atom is 0.257 e. The van der Waals surface area contributed by atoms with E-state index in [0.29, 0.717) is 23.7 Å². The van der Waals surface area contributed by atoms with E-state index < -0.39 is 0 Å². The molecular weight excluding hydrogens is 326 g/mol. The molecule has 2 heterocycles. The molecule has 1 aliphatic heterocycles. The van der Waals surface area contributed by atoms with Crippen molar-refractivity contribution in [3.05, 3.63) is 40.3 Å². The van der Waals surface area contributed by atoms with E-state index in [1.165, 1.54) is 0 Å². The van der Waals surface area contributed by atoms with Gasteiger partial charge < -0.3 is 15.6 Å². The van der Waals surface area contributed by atoms with E-state index in [4.69, 9.17) is 21.9 Å². The number of aryl methyl sites for hydroxylation is 1. The minimum atomic E-state index is -0.0613. The van der Waals surface area contributed by atoms with Crippen LogP contribution in [-0.2, 0) is 0 Å². The van der Waals surface area contributed by atoms with Crippen LogP contribution in [0, 0.1) is 18.3 Å². The van der Waals surface area contributed by atoms with Crippen molar-refractivity contribution < 1.29 is 9.32 Å². The molecular formula is C18H22ClN3O2. The van der Waals surface area contributed by atoms with E-state index in [-0.39, 0.29) is 23.3 Å². The molecule has 5 nitrogen and oxygen atoms in total. The third-order valence-corrected chi connectivity index (χ3v) is 6.34. The predicted octanol–water partition coefficient (Wildman–Crippen LogP) is 3.01. The number of carbonyl (C=O) groups is 1. The third-order valence-electron chi connectivity index (χ3n) is 6.06. The summed E-state index contributed by atoms with van der Waals surface area (Å²) in [7, 11) is 0. The second-order valence-electron chi connectivity index (χ2n) is 7.31. The normalized spacial score (nSPS) is 35.0. The molecule has 0 radical (unpaired) electrons. The first-order chi connectivity index (χ1) is 11.5. The van der Waals surface area contributed by atoms with Crippen LogP contribution in [0.1, 0.15) is 53.4 Å². The predicted molar refractivity (Wildman–Crippen MR) is 91.8 cm³/mol. The van der Waals surface area contributed by atoms with Gasteiger partial charge in [-0.25, -0.2) is 0 Å². The molecule has 1 amide bonds. The molecule has 0 spiro atoms. The highest BCUT2D eigenvalue weighted by molar-refractivity contribution is 6.29. The molecule has 2 unspecified atom stereocenters. The van der Waals surface area contributed by atoms with Crippen molar-refractivity contribution >= 4 is 17.5 Å². The van der Waals surface area contributed by atoms with E-state index in [9.17, 15) is 4.79 Å². The molecule has 3 N–H and O–H groups in total. The molecule has 4 atom stereocenters. The van der Waals surface area contributed by atoms with Gasteiger partial charge in [-0.05, 0) is 56.6 Å². The number of hydrogen-bond donors (Lipinski definition) is 2. The summed E-state index contributed by atoms with van der Waals surface area (Å²) in [5, 5.41) is 8.05. The molecule has 128 valence electrons. The van der Waals surface area contributed by atoms with Crippen molar-refractivity contribution in [2.75, 3.05) is 6.54 Å². The molecule has 1 aromatic heterocycles. The molecule has 1 aromatic rings. The van der Waals surface area contributed by atoms with E-state index in [0.717, 1.165) is 36.5 Å². The van der Waals surface area contributed by atoms with Gasteiger partial charge in [-0.3, -0.25) is 4.79 Å². The van der Waals surface area contributed by atoms with E-state index in [1.807, 2.05) is 19.1 Å². The van der Waals surface area contributed by atoms with Gasteiger partial charge in [0.15, 0.2) is 5.76 Å². The smallest absolute Gasteiger partial charge is 0.257 e. The zero-order valence-corrected chi connectivity index (χ0v) is 14.5. The summed E-state index contributed by atoms with van der Waals surface area (Å²) in [4.78, 5) is 12.3. The maximum atomic E-state index is 12.3. The van der Waals surface area contributed by atoms with Crippen LogP contribution in [0.3, 0.4) is 0 Å². The largest absolute Gasteiger partial charge is 0.360 e. The number of aromatic nitrogens is 1. The SMILES string of the molecule is Cc1noc2c1C(=O)N[C@H]1CC[C@](CN)(C3C=CC=C(Cl)C3)CC21. The summed E-state index contributed by atoms with van der Waals surface area (Å²) in [6, 6.07) is 0.107. The Bertz CT molecular complexity index is 739. The standard InChI is InChI=1S/C18H22ClN3O2/c1-10-15-16(24-22-10)13-8-18(9-20,6-5-14(13)21-17(15)23)11-3-2-4-12(19)7-11/h2-4,11,13-14H,5-9,20H2,1H3,(H,21,23)/t11?,13?,14-,18-/m0/s1. The van der Waals surface area contributed by atoms with Gasteiger partial charge in [0.2, 0.25) is 0 Å². The lowest BCUT2D eigenvalue weighted by Gasteiger charge is -2.48. The summed E-state index contributed by atoms with van der Waals surface area (Å²) in [5.41, 5.74) is 7.51. The number of hydrogen-bond acceptors (Lipinski definition) is 4. The summed E-state index contributed by atoms with van der Waals surface area (Å²) >= 11 is 6.27. The van der Waals surface area contributed by atoms with E-state index >= 15 is 0 Å². The lowest BCUT2D eigenvalue weighted by Crippen LogP contribution is -2.52. The van der Waals surface area contributed by atoms with Crippen LogP contribution in [0.2, 0.25) is 0 Å². The van der Waals surface area contributed by atoms with Crippen molar-refractivity contribution in [3.8, 4) is 0 Å². The number of nitrogens with zero attached hydrogens (tertiary/aromatic N) is 1. The van der Waals surface area contributed by atoms with Crippen LogP contribution >= 0.6 is 11.6 Å². The number of nitrogens with one attached hydrogen (secondary N) is 1. The van der Waals surface area contributed by atoms with Crippen molar-refractivity contribution in [2.24, 2.45) is 17.1 Å². The Hall–Kier alpha value is -1.59. The Balaban J connectivity index is 1.68. The first-order valence-corrected chi connectivity index (χ1v) is 8.92. The Morgan fingerprint density at radius 3 is 3.12 bits per heavy atom. The van der Waals surface area contributed by atoms with Gasteiger partial charge in [0.1, 0.15) is 5.56 Å². The molecule has 0 aromatic carbocycles. The zero-order valence-electron chi connectivity index (χ0n) is 13.7. The summed E-state index contributed by atoms with van der Waals surface area (Å²) in [6.07, 6.45) is 9.81. The Labute approximate surface area is 146 Å². The minimum absolute atomic E-state index is 0.0217. The summed E-state index contributed by atoms with van der Waals surface area (Å²) in [6.45, 7) is 2.42. The van der Waals surface area contributed by atoms with Gasteiger partial charge >= 0.3 is 0 Å². The Kier molecular flexibility index (Phi) is 3.81. The highest BCUT2D eigenvalue weighted by Gasteiger charge is 2.49. The average molecular weight is 348 g/mol. The van der Waals surface area contributed by atoms with Crippen molar-refractivity contribution in [3.63, 3.8) is 0 Å². The monoisotopic (exact) mass is 347 g/mol. The summed E-state index contributed by atoms with van der Waals surface area (Å²) < 4.78 is 5.57. The van der Waals surface area contributed by atoms with Crippen molar-refractivity contribution in [2.45, 2.75) is 44.6 Å². The van der Waals surface area contributed by atoms with Gasteiger partial charge in [0, 0.05) is 17.0 Å². The van der Waals surface area contributed by atoms with Crippen LogP contribution in [-0.4, -0.2) is 23.7 Å². The second kappa shape index (κ2) is 5.74. The van der Waals surface area contributed by atoms with E-state index in [1.54, 1.807) is 0 Å². The highest BCUT2D eigenvalue weighted by Crippen LogP contribution is 2.52. The van der Waals surface area contributed by atoms with E-state index in [2.05, 4.69) is 16.5 Å². The molecule has 0 saturated heterocycles. The van der Waals surface area contributed by atoms with Crippen LogP contribution < -0.4 is 11.1 Å². The van der Waals surface area contributed by atoms with Crippen LogP contribution in [0.4, 0.5) is 0 Å². The highest BCUT2D eigenvalue weighted by atomic mass is 35.5. The zero-order chi connectivity index (χ0) is 16.9. The number of halogens is 1. The Morgan fingerprint density at radius 1 is 1.54 bits per heavy atom. The van der Waals surface area contributed by atoms with Crippen LogP contribution in [0.15, 0.2) is 27.8 Å². The molecule has 24 heavy (non-hydrogen) atoms. The first kappa shape index (κ1) is 15.9. The van der Waals surface area contributed by atoms with Crippen molar-refractivity contribution in [1.29, 1.82) is 0 Å². The van der Waals surface area contributed by atoms with Crippen LogP contribution in [0.5, 0.6) is 0 Å². The fourth-order valence-electron chi connectivity index (χ4n) is 4.67. The van der Waals surface area contributed by atoms with Gasteiger partial charge in [-0.15, -0.1) is 0 Å². The number of carbonyl (C=O) groups excluding carboxylic acids is 1. The number of fused-ring (bicyclic) bond motifs is 3. The van der Waals surface area contributed by atoms with Crippen molar-refractivity contribution in [1.82, 2.24) is 10.5 Å². The van der Waals surface area contributed by atoms with Gasteiger partial charge in [-0.2, -0.15) is 0 Å². The number of allylic oxidation sites excluding steroid dienone is 4. The van der Waals surface area contributed by atoms with Gasteiger partial charge in [0.25, 0.3) is 5.91 Å². The number of nitrogens with two attached hydrogens (primary N) is 1. The lowest BCUT2D eigenvalue weighted by atomic mass is 9.59.